The fourth-order valence-corrected chi connectivity index (χ4v) is 1.38. The Morgan fingerprint density at radius 1 is 1.60 bits per heavy atom. The Hall–Kier alpha value is -0.940. The Labute approximate surface area is 89.0 Å². The van der Waals surface area contributed by atoms with Gasteiger partial charge in [0.1, 0.15) is 5.60 Å². The number of ether oxygens (including phenoxy) is 1. The lowest BCUT2D eigenvalue weighted by atomic mass is 10.0. The monoisotopic (exact) mass is 211 g/mol. The summed E-state index contributed by atoms with van der Waals surface area (Å²) >= 11 is 0. The zero-order chi connectivity index (χ0) is 11.1. The third-order valence-electron chi connectivity index (χ3n) is 3.24. The Kier molecular flexibility index (Phi) is 2.31. The Morgan fingerprint density at radius 3 is 2.73 bits per heavy atom. The van der Waals surface area contributed by atoms with Gasteiger partial charge in [0.15, 0.2) is 0 Å². The molecule has 0 aliphatic heterocycles. The second kappa shape index (κ2) is 3.28. The van der Waals surface area contributed by atoms with Gasteiger partial charge in [-0.25, -0.2) is 0 Å². The normalized spacial score (nSPS) is 22.4. The summed E-state index contributed by atoms with van der Waals surface area (Å²) in [5.41, 5.74) is 5.12. The maximum Gasteiger partial charge on any atom is 0.246 e. The Balaban J connectivity index is 2.26. The molecular formula is C10H17N3O2. The van der Waals surface area contributed by atoms with Crippen LogP contribution in [0.3, 0.4) is 0 Å². The number of hydrogen-bond donors (Lipinski definition) is 1. The van der Waals surface area contributed by atoms with Crippen molar-refractivity contribution in [2.24, 2.45) is 5.73 Å². The smallest absolute Gasteiger partial charge is 0.246 e. The van der Waals surface area contributed by atoms with Crippen LogP contribution in [-0.2, 0) is 15.9 Å². The van der Waals surface area contributed by atoms with Crippen molar-refractivity contribution in [3.63, 3.8) is 0 Å². The predicted molar refractivity (Wildman–Crippen MR) is 54.0 cm³/mol. The van der Waals surface area contributed by atoms with E-state index in [1.54, 1.807) is 7.11 Å². The van der Waals surface area contributed by atoms with E-state index in [0.29, 0.717) is 11.7 Å². The largest absolute Gasteiger partial charge is 0.370 e. The number of aromatic nitrogens is 2. The van der Waals surface area contributed by atoms with Crippen molar-refractivity contribution in [1.82, 2.24) is 10.1 Å². The minimum Gasteiger partial charge on any atom is -0.370 e. The van der Waals surface area contributed by atoms with Gasteiger partial charge in [0.25, 0.3) is 0 Å². The highest BCUT2D eigenvalue weighted by Gasteiger charge is 2.46. The quantitative estimate of drug-likeness (QED) is 0.812. The average Bonchev–Trinajstić information content (AvgIpc) is 2.83. The van der Waals surface area contributed by atoms with Gasteiger partial charge >= 0.3 is 0 Å². The molecular weight excluding hydrogens is 194 g/mol. The Bertz CT molecular complexity index is 353. The molecule has 1 atom stereocenters. The maximum absolute atomic E-state index is 5.97. The molecule has 0 amide bonds. The van der Waals surface area contributed by atoms with Gasteiger partial charge in [-0.1, -0.05) is 12.1 Å². The molecule has 5 nitrogen and oxygen atoms in total. The van der Waals surface area contributed by atoms with E-state index in [9.17, 15) is 0 Å². The van der Waals surface area contributed by atoms with Crippen molar-refractivity contribution in [1.29, 1.82) is 0 Å². The van der Waals surface area contributed by atoms with E-state index in [0.717, 1.165) is 19.3 Å². The van der Waals surface area contributed by atoms with E-state index in [2.05, 4.69) is 10.1 Å². The lowest BCUT2D eigenvalue weighted by molar-refractivity contribution is -0.0106. The highest BCUT2D eigenvalue weighted by molar-refractivity contribution is 5.13. The first-order valence-corrected chi connectivity index (χ1v) is 5.23. The molecule has 0 saturated heterocycles. The van der Waals surface area contributed by atoms with Gasteiger partial charge in [0, 0.05) is 7.11 Å². The average molecular weight is 211 g/mol. The molecule has 0 bridgehead atoms. The van der Waals surface area contributed by atoms with Crippen molar-refractivity contribution in [2.45, 2.75) is 44.2 Å². The third kappa shape index (κ3) is 1.66. The Morgan fingerprint density at radius 2 is 2.27 bits per heavy atom. The number of hydrogen-bond acceptors (Lipinski definition) is 5. The minimum absolute atomic E-state index is 0.367. The maximum atomic E-state index is 5.97. The zero-order valence-electron chi connectivity index (χ0n) is 9.41. The molecule has 1 saturated carbocycles. The topological polar surface area (TPSA) is 74.2 Å². The van der Waals surface area contributed by atoms with Gasteiger partial charge in [-0.3, -0.25) is 0 Å². The van der Waals surface area contributed by atoms with Gasteiger partial charge in [0.2, 0.25) is 11.7 Å². The molecule has 0 radical (unpaired) electrons. The van der Waals surface area contributed by atoms with E-state index in [4.69, 9.17) is 15.0 Å². The van der Waals surface area contributed by atoms with E-state index in [1.807, 2.05) is 13.8 Å². The summed E-state index contributed by atoms with van der Waals surface area (Å²) in [4.78, 5) is 4.33. The summed E-state index contributed by atoms with van der Waals surface area (Å²) in [5.74, 6) is 1.12. The highest BCUT2D eigenvalue weighted by Crippen LogP contribution is 2.42. The number of nitrogens with zero attached hydrogens (tertiary/aromatic N) is 2. The molecule has 84 valence electrons. The zero-order valence-corrected chi connectivity index (χ0v) is 9.41. The van der Waals surface area contributed by atoms with Gasteiger partial charge in [-0.15, -0.1) is 0 Å². The van der Waals surface area contributed by atoms with Crippen LogP contribution >= 0.6 is 0 Å². The predicted octanol–water partition coefficient (Wildman–Crippen LogP) is 1.29. The molecule has 15 heavy (non-hydrogen) atoms. The van der Waals surface area contributed by atoms with Crippen LogP contribution in [-0.4, -0.2) is 17.3 Å². The molecule has 2 rings (SSSR count). The SMILES string of the molecule is CCC(C)(OC)c1noc(C2(N)CC2)n1. The first-order valence-electron chi connectivity index (χ1n) is 5.23. The van der Waals surface area contributed by atoms with Crippen LogP contribution in [0.5, 0.6) is 0 Å². The van der Waals surface area contributed by atoms with Gasteiger partial charge in [0.05, 0.1) is 5.54 Å². The summed E-state index contributed by atoms with van der Waals surface area (Å²) in [6, 6.07) is 0. The fraction of sp³-hybridized carbons (Fsp3) is 0.800. The van der Waals surface area contributed by atoms with Crippen molar-refractivity contribution < 1.29 is 9.26 Å². The van der Waals surface area contributed by atoms with Crippen molar-refractivity contribution in [3.05, 3.63) is 11.7 Å². The molecule has 1 unspecified atom stereocenters. The van der Waals surface area contributed by atoms with Gasteiger partial charge in [-0.05, 0) is 26.2 Å². The van der Waals surface area contributed by atoms with Gasteiger partial charge in [-0.2, -0.15) is 4.98 Å². The number of rotatable bonds is 4. The van der Waals surface area contributed by atoms with Crippen molar-refractivity contribution in [3.8, 4) is 0 Å². The molecule has 1 aliphatic rings. The summed E-state index contributed by atoms with van der Waals surface area (Å²) in [6.45, 7) is 3.96. The van der Waals surface area contributed by atoms with Crippen molar-refractivity contribution >= 4 is 0 Å². The van der Waals surface area contributed by atoms with Crippen LogP contribution < -0.4 is 5.73 Å². The van der Waals surface area contributed by atoms with Crippen LogP contribution in [0.1, 0.15) is 44.8 Å². The lowest BCUT2D eigenvalue weighted by Gasteiger charge is -2.21. The second-order valence-electron chi connectivity index (χ2n) is 4.37. The molecule has 1 fully saturated rings. The van der Waals surface area contributed by atoms with Crippen LogP contribution in [0.25, 0.3) is 0 Å². The van der Waals surface area contributed by atoms with E-state index < -0.39 is 5.60 Å². The molecule has 1 aromatic heterocycles. The van der Waals surface area contributed by atoms with Gasteiger partial charge < -0.3 is 15.0 Å². The van der Waals surface area contributed by atoms with E-state index >= 15 is 0 Å². The molecule has 1 aromatic rings. The second-order valence-corrected chi connectivity index (χ2v) is 4.37. The summed E-state index contributed by atoms with van der Waals surface area (Å²) in [5, 5.41) is 3.95. The highest BCUT2D eigenvalue weighted by atomic mass is 16.5. The minimum atomic E-state index is -0.479. The standard InChI is InChI=1S/C10H17N3O2/c1-4-9(2,14-3)7-12-8(15-13-7)10(11)5-6-10/h4-6,11H2,1-3H3. The van der Waals surface area contributed by atoms with Crippen LogP contribution in [0.2, 0.25) is 0 Å². The lowest BCUT2D eigenvalue weighted by Crippen LogP contribution is -2.25. The van der Waals surface area contributed by atoms with Crippen LogP contribution in [0, 0.1) is 0 Å². The fourth-order valence-electron chi connectivity index (χ4n) is 1.38. The first-order chi connectivity index (χ1) is 7.04. The number of methoxy groups -OCH3 is 1. The molecule has 1 heterocycles. The molecule has 2 N–H and O–H groups in total. The molecule has 5 heteroatoms. The summed E-state index contributed by atoms with van der Waals surface area (Å²) < 4.78 is 10.6. The molecule has 1 aliphatic carbocycles. The van der Waals surface area contributed by atoms with Crippen LogP contribution in [0.15, 0.2) is 4.52 Å². The van der Waals surface area contributed by atoms with Crippen LogP contribution in [0.4, 0.5) is 0 Å². The van der Waals surface area contributed by atoms with E-state index in [1.165, 1.54) is 0 Å². The number of nitrogens with two attached hydrogens (primary N) is 1. The first kappa shape index (κ1) is 10.6. The summed E-state index contributed by atoms with van der Waals surface area (Å²) in [6.07, 6.45) is 2.63. The molecule has 0 aromatic carbocycles. The summed E-state index contributed by atoms with van der Waals surface area (Å²) in [7, 11) is 1.65. The van der Waals surface area contributed by atoms with E-state index in [-0.39, 0.29) is 5.54 Å². The van der Waals surface area contributed by atoms with Crippen molar-refractivity contribution in [2.75, 3.05) is 7.11 Å². The molecule has 0 spiro atoms. The third-order valence-corrected chi connectivity index (χ3v) is 3.24.